The summed E-state index contributed by atoms with van der Waals surface area (Å²) >= 11 is 0. The largest absolute Gasteiger partial charge is 0.395 e. The van der Waals surface area contributed by atoms with Gasteiger partial charge in [0.15, 0.2) is 0 Å². The van der Waals surface area contributed by atoms with E-state index in [1.807, 2.05) is 4.90 Å². The molecule has 0 unspecified atom stereocenters. The Bertz CT molecular complexity index is 228. The van der Waals surface area contributed by atoms with Crippen molar-refractivity contribution in [3.8, 4) is 0 Å². The van der Waals surface area contributed by atoms with Crippen LogP contribution in [-0.4, -0.2) is 67.4 Å². The summed E-state index contributed by atoms with van der Waals surface area (Å²) < 4.78 is 4.98. The fraction of sp³-hybridized carbons (Fsp3) is 0.917. The number of hydrogen-bond acceptors (Lipinski definition) is 3. The van der Waals surface area contributed by atoms with Gasteiger partial charge in [0, 0.05) is 33.3 Å². The highest BCUT2D eigenvalue weighted by atomic mass is 16.5. The third-order valence-electron chi connectivity index (χ3n) is 3.26. The Morgan fingerprint density at radius 2 is 2.06 bits per heavy atom. The Balaban J connectivity index is 2.45. The molecule has 5 nitrogen and oxygen atoms in total. The second-order valence-corrected chi connectivity index (χ2v) is 4.66. The summed E-state index contributed by atoms with van der Waals surface area (Å²) in [4.78, 5) is 15.7. The molecule has 0 aromatic rings. The van der Waals surface area contributed by atoms with Crippen LogP contribution in [0.4, 0.5) is 4.79 Å². The quantitative estimate of drug-likeness (QED) is 0.777. The Kier molecular flexibility index (Phi) is 6.29. The van der Waals surface area contributed by atoms with Crippen molar-refractivity contribution in [2.24, 2.45) is 5.92 Å². The Labute approximate surface area is 103 Å². The molecule has 1 aliphatic rings. The maximum Gasteiger partial charge on any atom is 0.320 e. The van der Waals surface area contributed by atoms with Crippen molar-refractivity contribution in [1.29, 1.82) is 0 Å². The molecule has 0 atom stereocenters. The molecule has 1 saturated heterocycles. The van der Waals surface area contributed by atoms with Crippen LogP contribution in [-0.2, 0) is 4.74 Å². The lowest BCUT2D eigenvalue weighted by molar-refractivity contribution is 0.104. The van der Waals surface area contributed by atoms with E-state index >= 15 is 0 Å². The number of amides is 2. The molecular formula is C12H24N2O3. The van der Waals surface area contributed by atoms with Gasteiger partial charge >= 0.3 is 6.03 Å². The second kappa shape index (κ2) is 7.50. The van der Waals surface area contributed by atoms with Gasteiger partial charge in [-0.15, -0.1) is 0 Å². The normalized spacial score (nSPS) is 17.2. The van der Waals surface area contributed by atoms with Crippen molar-refractivity contribution in [3.63, 3.8) is 0 Å². The molecule has 0 saturated carbocycles. The number of aliphatic hydroxyl groups is 1. The highest BCUT2D eigenvalue weighted by Crippen LogP contribution is 2.17. The molecule has 0 spiro atoms. The van der Waals surface area contributed by atoms with Crippen molar-refractivity contribution in [2.75, 3.05) is 46.5 Å². The molecule has 1 aliphatic heterocycles. The minimum absolute atomic E-state index is 0.000301. The van der Waals surface area contributed by atoms with E-state index in [1.165, 1.54) is 0 Å². The van der Waals surface area contributed by atoms with Gasteiger partial charge in [0.1, 0.15) is 0 Å². The second-order valence-electron chi connectivity index (χ2n) is 4.66. The highest BCUT2D eigenvalue weighted by Gasteiger charge is 2.24. The van der Waals surface area contributed by atoms with Gasteiger partial charge in [0.2, 0.25) is 0 Å². The van der Waals surface area contributed by atoms with Gasteiger partial charge < -0.3 is 19.6 Å². The highest BCUT2D eigenvalue weighted by molar-refractivity contribution is 5.74. The topological polar surface area (TPSA) is 53.0 Å². The standard InChI is InChI=1S/C12H24N2O3/c1-11-3-5-13(6-4-11)12(16)14(7-9-15)8-10-17-2/h11,15H,3-10H2,1-2H3. The lowest BCUT2D eigenvalue weighted by Crippen LogP contribution is -2.48. The zero-order chi connectivity index (χ0) is 12.7. The van der Waals surface area contributed by atoms with E-state index in [2.05, 4.69) is 6.92 Å². The van der Waals surface area contributed by atoms with Crippen molar-refractivity contribution in [2.45, 2.75) is 19.8 Å². The molecule has 1 rings (SSSR count). The average Bonchev–Trinajstić information content (AvgIpc) is 2.34. The molecular weight excluding hydrogens is 220 g/mol. The van der Waals surface area contributed by atoms with Crippen LogP contribution in [0.5, 0.6) is 0 Å². The molecule has 5 heteroatoms. The molecule has 0 aliphatic carbocycles. The third kappa shape index (κ3) is 4.52. The molecule has 0 aromatic heterocycles. The van der Waals surface area contributed by atoms with E-state index in [9.17, 15) is 4.79 Å². The molecule has 1 fully saturated rings. The number of ether oxygens (including phenoxy) is 1. The Morgan fingerprint density at radius 1 is 1.41 bits per heavy atom. The first-order valence-electron chi connectivity index (χ1n) is 6.32. The number of hydrogen-bond donors (Lipinski definition) is 1. The summed E-state index contributed by atoms with van der Waals surface area (Å²) in [5, 5.41) is 8.97. The van der Waals surface area contributed by atoms with E-state index in [1.54, 1.807) is 12.0 Å². The van der Waals surface area contributed by atoms with E-state index in [4.69, 9.17) is 9.84 Å². The summed E-state index contributed by atoms with van der Waals surface area (Å²) in [5.41, 5.74) is 0. The lowest BCUT2D eigenvalue weighted by atomic mass is 10.00. The van der Waals surface area contributed by atoms with Crippen molar-refractivity contribution >= 4 is 6.03 Å². The van der Waals surface area contributed by atoms with Gasteiger partial charge in [-0.25, -0.2) is 4.79 Å². The van der Waals surface area contributed by atoms with E-state index in [0.29, 0.717) is 25.6 Å². The SMILES string of the molecule is COCCN(CCO)C(=O)N1CCC(C)CC1. The molecule has 2 amide bonds. The van der Waals surface area contributed by atoms with E-state index in [-0.39, 0.29) is 12.6 Å². The number of methoxy groups -OCH3 is 1. The fourth-order valence-electron chi connectivity index (χ4n) is 2.03. The van der Waals surface area contributed by atoms with Gasteiger partial charge in [-0.1, -0.05) is 6.92 Å². The van der Waals surface area contributed by atoms with Crippen LogP contribution >= 0.6 is 0 Å². The predicted octanol–water partition coefficient (Wildman–Crippen LogP) is 0.779. The van der Waals surface area contributed by atoms with Crippen molar-refractivity contribution in [1.82, 2.24) is 9.80 Å². The fourth-order valence-corrected chi connectivity index (χ4v) is 2.03. The number of likely N-dealkylation sites (tertiary alicyclic amines) is 1. The minimum atomic E-state index is -0.000301. The summed E-state index contributed by atoms with van der Waals surface area (Å²) in [7, 11) is 1.62. The van der Waals surface area contributed by atoms with Gasteiger partial charge in [-0.05, 0) is 18.8 Å². The number of urea groups is 1. The van der Waals surface area contributed by atoms with Crippen LogP contribution in [0.2, 0.25) is 0 Å². The monoisotopic (exact) mass is 244 g/mol. The molecule has 0 bridgehead atoms. The third-order valence-corrected chi connectivity index (χ3v) is 3.26. The minimum Gasteiger partial charge on any atom is -0.395 e. The Hall–Kier alpha value is -0.810. The first-order chi connectivity index (χ1) is 8.19. The molecule has 1 heterocycles. The van der Waals surface area contributed by atoms with Crippen molar-refractivity contribution < 1.29 is 14.6 Å². The Morgan fingerprint density at radius 3 is 2.59 bits per heavy atom. The van der Waals surface area contributed by atoms with E-state index in [0.717, 1.165) is 25.9 Å². The molecule has 0 aromatic carbocycles. The summed E-state index contributed by atoms with van der Waals surface area (Å²) in [6.45, 7) is 5.31. The maximum atomic E-state index is 12.2. The van der Waals surface area contributed by atoms with Gasteiger partial charge in [0.25, 0.3) is 0 Å². The number of piperidine rings is 1. The molecule has 17 heavy (non-hydrogen) atoms. The predicted molar refractivity (Wildman–Crippen MR) is 65.9 cm³/mol. The number of carbonyl (C=O) groups excluding carboxylic acids is 1. The number of rotatable bonds is 5. The first-order valence-corrected chi connectivity index (χ1v) is 6.32. The smallest absolute Gasteiger partial charge is 0.320 e. The average molecular weight is 244 g/mol. The molecule has 1 N–H and O–H groups in total. The van der Waals surface area contributed by atoms with Crippen LogP contribution in [0, 0.1) is 5.92 Å². The zero-order valence-corrected chi connectivity index (χ0v) is 10.9. The summed E-state index contributed by atoms with van der Waals surface area (Å²) in [6.07, 6.45) is 2.14. The van der Waals surface area contributed by atoms with E-state index < -0.39 is 0 Å². The van der Waals surface area contributed by atoms with Crippen LogP contribution < -0.4 is 0 Å². The van der Waals surface area contributed by atoms with Crippen molar-refractivity contribution in [3.05, 3.63) is 0 Å². The lowest BCUT2D eigenvalue weighted by Gasteiger charge is -2.34. The maximum absolute atomic E-state index is 12.2. The summed E-state index contributed by atoms with van der Waals surface area (Å²) in [5.74, 6) is 0.712. The number of nitrogens with zero attached hydrogens (tertiary/aromatic N) is 2. The van der Waals surface area contributed by atoms with Crippen LogP contribution in [0.25, 0.3) is 0 Å². The van der Waals surface area contributed by atoms with Crippen LogP contribution in [0.1, 0.15) is 19.8 Å². The first kappa shape index (κ1) is 14.3. The van der Waals surface area contributed by atoms with Crippen LogP contribution in [0.3, 0.4) is 0 Å². The number of aliphatic hydroxyl groups excluding tert-OH is 1. The number of carbonyl (C=O) groups is 1. The molecule has 100 valence electrons. The summed E-state index contributed by atoms with van der Waals surface area (Å²) in [6, 6.07) is 0.0306. The van der Waals surface area contributed by atoms with Gasteiger partial charge in [0.05, 0.1) is 13.2 Å². The zero-order valence-electron chi connectivity index (χ0n) is 10.9. The van der Waals surface area contributed by atoms with Crippen LogP contribution in [0.15, 0.2) is 0 Å². The van der Waals surface area contributed by atoms with Gasteiger partial charge in [-0.3, -0.25) is 0 Å². The molecule has 0 radical (unpaired) electrons. The van der Waals surface area contributed by atoms with Gasteiger partial charge in [-0.2, -0.15) is 0 Å².